The first-order valence-electron chi connectivity index (χ1n) is 5.82. The SMILES string of the molecule is O=C(Nc1ccc(S(=O)[O-])cc1)OCc1ccccc1.[Na+]. The largest absolute Gasteiger partial charge is 1.00 e. The van der Waals surface area contributed by atoms with E-state index in [0.29, 0.717) is 5.69 Å². The van der Waals surface area contributed by atoms with Crippen molar-refractivity contribution in [3.63, 3.8) is 0 Å². The van der Waals surface area contributed by atoms with E-state index in [1.165, 1.54) is 24.3 Å². The average Bonchev–Trinajstić information content (AvgIpc) is 2.47. The molecule has 0 saturated carbocycles. The maximum absolute atomic E-state index is 11.5. The maximum atomic E-state index is 11.5. The Balaban J connectivity index is 0.00000220. The van der Waals surface area contributed by atoms with Crippen molar-refractivity contribution in [1.82, 2.24) is 0 Å². The van der Waals surface area contributed by atoms with Gasteiger partial charge in [0.2, 0.25) is 0 Å². The number of amides is 1. The van der Waals surface area contributed by atoms with Crippen LogP contribution in [0.3, 0.4) is 0 Å². The van der Waals surface area contributed by atoms with Gasteiger partial charge in [0.25, 0.3) is 0 Å². The molecule has 0 fully saturated rings. The molecule has 0 aliphatic carbocycles. The van der Waals surface area contributed by atoms with E-state index in [1.807, 2.05) is 30.3 Å². The van der Waals surface area contributed by atoms with Gasteiger partial charge in [-0.3, -0.25) is 9.53 Å². The summed E-state index contributed by atoms with van der Waals surface area (Å²) in [6.45, 7) is 0.176. The molecule has 5 nitrogen and oxygen atoms in total. The number of hydrogen-bond acceptors (Lipinski definition) is 4. The summed E-state index contributed by atoms with van der Waals surface area (Å²) in [6, 6.07) is 15.1. The molecule has 0 aliphatic rings. The molecule has 0 bridgehead atoms. The van der Waals surface area contributed by atoms with Crippen LogP contribution in [0.1, 0.15) is 5.56 Å². The second kappa shape index (κ2) is 8.96. The minimum Gasteiger partial charge on any atom is -0.768 e. The Labute approximate surface area is 147 Å². The molecule has 2 aromatic carbocycles. The molecule has 0 radical (unpaired) electrons. The van der Waals surface area contributed by atoms with Crippen LogP contribution in [0.5, 0.6) is 0 Å². The Morgan fingerprint density at radius 3 is 2.29 bits per heavy atom. The van der Waals surface area contributed by atoms with Gasteiger partial charge in [-0.1, -0.05) is 30.3 Å². The Bertz CT molecular complexity index is 604. The van der Waals surface area contributed by atoms with Crippen LogP contribution >= 0.6 is 0 Å². The predicted molar refractivity (Wildman–Crippen MR) is 73.9 cm³/mol. The van der Waals surface area contributed by atoms with E-state index in [1.54, 1.807) is 0 Å². The monoisotopic (exact) mass is 313 g/mol. The van der Waals surface area contributed by atoms with Gasteiger partial charge in [-0.2, -0.15) is 0 Å². The summed E-state index contributed by atoms with van der Waals surface area (Å²) in [6.07, 6.45) is -0.593. The third kappa shape index (κ3) is 5.99. The zero-order valence-electron chi connectivity index (χ0n) is 11.4. The Kier molecular flexibility index (Phi) is 7.63. The second-order valence-electron chi connectivity index (χ2n) is 3.95. The third-order valence-electron chi connectivity index (χ3n) is 2.51. The first kappa shape index (κ1) is 17.9. The number of carbonyl (C=O) groups is 1. The van der Waals surface area contributed by atoms with Gasteiger partial charge in [0, 0.05) is 10.6 Å². The minimum absolute atomic E-state index is 0. The smallest absolute Gasteiger partial charge is 0.768 e. The van der Waals surface area contributed by atoms with Crippen LogP contribution in [0.15, 0.2) is 59.5 Å². The van der Waals surface area contributed by atoms with Crippen molar-refractivity contribution in [3.05, 3.63) is 60.2 Å². The quantitative estimate of drug-likeness (QED) is 0.620. The zero-order valence-corrected chi connectivity index (χ0v) is 14.3. The molecule has 21 heavy (non-hydrogen) atoms. The second-order valence-corrected chi connectivity index (χ2v) is 4.89. The molecule has 0 saturated heterocycles. The number of anilines is 1. The molecule has 7 heteroatoms. The van der Waals surface area contributed by atoms with Crippen molar-refractivity contribution in [3.8, 4) is 0 Å². The molecule has 1 unspecified atom stereocenters. The minimum atomic E-state index is -2.27. The fraction of sp³-hybridized carbons (Fsp3) is 0.0714. The molecule has 0 heterocycles. The van der Waals surface area contributed by atoms with Crippen molar-refractivity contribution >= 4 is 22.9 Å². The van der Waals surface area contributed by atoms with Crippen LogP contribution in [0, 0.1) is 0 Å². The molecule has 2 aromatic rings. The Hall–Kier alpha value is -1.18. The molecule has 1 amide bonds. The van der Waals surface area contributed by atoms with Gasteiger partial charge in [-0.25, -0.2) is 4.79 Å². The van der Waals surface area contributed by atoms with Crippen molar-refractivity contribution < 1.29 is 47.9 Å². The van der Waals surface area contributed by atoms with Gasteiger partial charge < -0.3 is 9.29 Å². The molecule has 2 rings (SSSR count). The van der Waals surface area contributed by atoms with Crippen LogP contribution in [-0.2, 0) is 22.4 Å². The van der Waals surface area contributed by atoms with E-state index in [0.717, 1.165) is 5.56 Å². The summed E-state index contributed by atoms with van der Waals surface area (Å²) in [5.41, 5.74) is 1.36. The average molecular weight is 313 g/mol. The normalized spacial score (nSPS) is 11.1. The number of benzene rings is 2. The van der Waals surface area contributed by atoms with Crippen LogP contribution in [0.4, 0.5) is 10.5 Å². The van der Waals surface area contributed by atoms with Gasteiger partial charge in [0.1, 0.15) is 6.61 Å². The van der Waals surface area contributed by atoms with Crippen LogP contribution in [0.25, 0.3) is 0 Å². The van der Waals surface area contributed by atoms with Crippen LogP contribution in [-0.4, -0.2) is 14.9 Å². The number of ether oxygens (including phenoxy) is 1. The molecular weight excluding hydrogens is 301 g/mol. The summed E-state index contributed by atoms with van der Waals surface area (Å²) in [5.74, 6) is 0. The fourth-order valence-corrected chi connectivity index (χ4v) is 1.88. The van der Waals surface area contributed by atoms with Crippen molar-refractivity contribution in [2.45, 2.75) is 11.5 Å². The first-order valence-corrected chi connectivity index (χ1v) is 6.89. The predicted octanol–water partition coefficient (Wildman–Crippen LogP) is -0.323. The van der Waals surface area contributed by atoms with Crippen molar-refractivity contribution in [1.29, 1.82) is 0 Å². The number of hydrogen-bond donors (Lipinski definition) is 1. The van der Waals surface area contributed by atoms with E-state index in [-0.39, 0.29) is 41.1 Å². The van der Waals surface area contributed by atoms with E-state index < -0.39 is 17.2 Å². The summed E-state index contributed by atoms with van der Waals surface area (Å²) < 4.78 is 26.4. The van der Waals surface area contributed by atoms with Crippen LogP contribution < -0.4 is 34.9 Å². The van der Waals surface area contributed by atoms with E-state index in [4.69, 9.17) is 4.74 Å². The maximum Gasteiger partial charge on any atom is 1.00 e. The van der Waals surface area contributed by atoms with Crippen LogP contribution in [0.2, 0.25) is 0 Å². The molecule has 104 valence electrons. The molecule has 0 aliphatic heterocycles. The van der Waals surface area contributed by atoms with Gasteiger partial charge in [-0.05, 0) is 40.9 Å². The molecule has 1 N–H and O–H groups in total. The molecule has 0 spiro atoms. The fourth-order valence-electron chi connectivity index (χ4n) is 1.53. The number of carbonyl (C=O) groups excluding carboxylic acids is 1. The molecular formula is C14H12NNaO4S. The standard InChI is InChI=1S/C14H13NO4S.Na/c16-14(19-10-11-4-2-1-3-5-11)15-12-6-8-13(9-7-12)20(17)18;/h1-9H,10H2,(H,15,16)(H,17,18);/q;+1/p-1. The summed E-state index contributed by atoms with van der Waals surface area (Å²) in [5, 5.41) is 2.52. The summed E-state index contributed by atoms with van der Waals surface area (Å²) in [7, 11) is 0. The number of nitrogens with one attached hydrogen (secondary N) is 1. The van der Waals surface area contributed by atoms with Crippen molar-refractivity contribution in [2.75, 3.05) is 5.32 Å². The molecule has 1 atom stereocenters. The summed E-state index contributed by atoms with van der Waals surface area (Å²) in [4.78, 5) is 11.7. The first-order chi connectivity index (χ1) is 9.65. The van der Waals surface area contributed by atoms with Gasteiger partial charge in [0.15, 0.2) is 0 Å². The third-order valence-corrected chi connectivity index (χ3v) is 3.16. The Morgan fingerprint density at radius 2 is 1.71 bits per heavy atom. The zero-order chi connectivity index (χ0) is 14.4. The van der Waals surface area contributed by atoms with Gasteiger partial charge in [-0.15, -0.1) is 0 Å². The summed E-state index contributed by atoms with van der Waals surface area (Å²) >= 11 is -2.27. The van der Waals surface area contributed by atoms with E-state index in [9.17, 15) is 13.6 Å². The Morgan fingerprint density at radius 1 is 1.10 bits per heavy atom. The topological polar surface area (TPSA) is 78.5 Å². The van der Waals surface area contributed by atoms with Gasteiger partial charge in [0.05, 0.1) is 0 Å². The number of rotatable bonds is 4. The molecule has 0 aromatic heterocycles. The van der Waals surface area contributed by atoms with Crippen molar-refractivity contribution in [2.24, 2.45) is 0 Å². The van der Waals surface area contributed by atoms with E-state index in [2.05, 4.69) is 5.32 Å². The van der Waals surface area contributed by atoms with E-state index >= 15 is 0 Å². The van der Waals surface area contributed by atoms with Gasteiger partial charge >= 0.3 is 35.7 Å².